The lowest BCUT2D eigenvalue weighted by Crippen LogP contribution is -2.02. The number of hydrogen-bond acceptors (Lipinski definition) is 5. The van der Waals surface area contributed by atoms with E-state index in [-0.39, 0.29) is 0 Å². The second kappa shape index (κ2) is 17.0. The van der Waals surface area contributed by atoms with Crippen LogP contribution in [-0.4, -0.2) is 24.1 Å². The SMILES string of the molecule is c1ccc(-c2cccc(-n3c4ccccc4c4cccc(-n5c6ccccc6c6ccc(-c7nc(-c8ccc9c(c8)sc8ccccc89)nc(-c8ccc9c(c8)sc8cccc(-c%10ccccc%10)c89)n7)cc65)c43)c2)cc1. The van der Waals surface area contributed by atoms with Crippen LogP contribution in [-0.2, 0) is 0 Å². The fraction of sp³-hybridized carbons (Fsp3) is 0. The molecule has 7 heteroatoms. The Hall–Kier alpha value is -9.53. The first kappa shape index (κ1) is 42.9. The van der Waals surface area contributed by atoms with Crippen LogP contribution < -0.4 is 0 Å². The second-order valence-electron chi connectivity index (χ2n) is 19.5. The van der Waals surface area contributed by atoms with Crippen LogP contribution in [0.4, 0.5) is 0 Å². The molecule has 11 aromatic carbocycles. The molecule has 0 amide bonds. The van der Waals surface area contributed by atoms with E-state index in [1.165, 1.54) is 78.8 Å². The van der Waals surface area contributed by atoms with E-state index >= 15 is 0 Å². The van der Waals surface area contributed by atoms with Crippen molar-refractivity contribution in [2.75, 3.05) is 0 Å². The first-order valence-corrected chi connectivity index (χ1v) is 27.2. The number of rotatable bonds is 7. The highest BCUT2D eigenvalue weighted by molar-refractivity contribution is 7.26. The minimum atomic E-state index is 0.614. The lowest BCUT2D eigenvalue weighted by Gasteiger charge is -2.15. The molecule has 0 spiro atoms. The van der Waals surface area contributed by atoms with Crippen molar-refractivity contribution >= 4 is 107 Å². The largest absolute Gasteiger partial charge is 0.307 e. The summed E-state index contributed by atoms with van der Waals surface area (Å²) < 4.78 is 9.81. The molecule has 0 atom stereocenters. The van der Waals surface area contributed by atoms with Gasteiger partial charge in [0.05, 0.1) is 27.8 Å². The highest BCUT2D eigenvalue weighted by Crippen LogP contribution is 2.44. The maximum atomic E-state index is 5.42. The van der Waals surface area contributed by atoms with Crippen LogP contribution in [0.25, 0.3) is 152 Å². The molecule has 0 saturated carbocycles. The standard InChI is InChI=1S/C69H41N5S2/c1-3-16-42(17-4-1)44-20-13-21-48(38-44)73-57-27-10-8-23-51(57)55-26-14-29-59(66(55)73)74-58-28-11-7-22-50(58)52-35-32-45(39-60(52)74)67-70-68(46-33-36-54-53-24-9-12-30-61(53)75-63(54)40-46)72-69(71-67)47-34-37-56-64(41-47)76-62-31-15-25-49(65(56)62)43-18-5-2-6-19-43/h1-41H. The molecule has 0 unspecified atom stereocenters. The summed E-state index contributed by atoms with van der Waals surface area (Å²) >= 11 is 3.62. The Morgan fingerprint density at radius 1 is 0.276 bits per heavy atom. The predicted octanol–water partition coefficient (Wildman–Crippen LogP) is 19.1. The van der Waals surface area contributed by atoms with E-state index in [9.17, 15) is 0 Å². The molecule has 16 rings (SSSR count). The minimum absolute atomic E-state index is 0.614. The van der Waals surface area contributed by atoms with E-state index < -0.39 is 0 Å². The molecule has 5 heterocycles. The number of benzene rings is 11. The molecule has 0 aliphatic heterocycles. The van der Waals surface area contributed by atoms with E-state index in [1.54, 1.807) is 11.3 Å². The molecule has 0 saturated heterocycles. The average molecular weight is 1000 g/mol. The van der Waals surface area contributed by atoms with Gasteiger partial charge in [0.2, 0.25) is 0 Å². The molecule has 5 nitrogen and oxygen atoms in total. The maximum Gasteiger partial charge on any atom is 0.164 e. The molecule has 5 aromatic heterocycles. The van der Waals surface area contributed by atoms with Gasteiger partial charge in [0.15, 0.2) is 17.5 Å². The van der Waals surface area contributed by atoms with Gasteiger partial charge in [-0.3, -0.25) is 0 Å². The fourth-order valence-electron chi connectivity index (χ4n) is 11.7. The highest BCUT2D eigenvalue weighted by atomic mass is 32.1. The third kappa shape index (κ3) is 6.73. The van der Waals surface area contributed by atoms with Crippen molar-refractivity contribution < 1.29 is 0 Å². The van der Waals surface area contributed by atoms with E-state index in [0.29, 0.717) is 17.5 Å². The van der Waals surface area contributed by atoms with Gasteiger partial charge in [-0.1, -0.05) is 188 Å². The number of hydrogen-bond donors (Lipinski definition) is 0. The monoisotopic (exact) mass is 1000 g/mol. The van der Waals surface area contributed by atoms with E-state index in [2.05, 4.69) is 258 Å². The van der Waals surface area contributed by atoms with Crippen molar-refractivity contribution in [2.24, 2.45) is 0 Å². The predicted molar refractivity (Wildman–Crippen MR) is 321 cm³/mol. The summed E-state index contributed by atoms with van der Waals surface area (Å²) in [5, 5.41) is 9.72. The normalized spacial score (nSPS) is 11.9. The summed E-state index contributed by atoms with van der Waals surface area (Å²) in [6.07, 6.45) is 0. The fourth-order valence-corrected chi connectivity index (χ4v) is 14.0. The van der Waals surface area contributed by atoms with Gasteiger partial charge in [-0.15, -0.1) is 22.7 Å². The van der Waals surface area contributed by atoms with Gasteiger partial charge in [-0.25, -0.2) is 15.0 Å². The van der Waals surface area contributed by atoms with Crippen molar-refractivity contribution in [2.45, 2.75) is 0 Å². The van der Waals surface area contributed by atoms with Crippen molar-refractivity contribution in [3.05, 3.63) is 249 Å². The van der Waals surface area contributed by atoms with Gasteiger partial charge in [0, 0.05) is 84.3 Å². The molecule has 0 N–H and O–H groups in total. The molecular weight excluding hydrogens is 963 g/mol. The zero-order chi connectivity index (χ0) is 49.8. The van der Waals surface area contributed by atoms with Gasteiger partial charge < -0.3 is 9.13 Å². The number of para-hydroxylation sites is 3. The summed E-state index contributed by atoms with van der Waals surface area (Å²) in [6, 6.07) is 89.9. The molecule has 76 heavy (non-hydrogen) atoms. The first-order chi connectivity index (χ1) is 37.7. The Morgan fingerprint density at radius 3 is 1.53 bits per heavy atom. The van der Waals surface area contributed by atoms with Gasteiger partial charge >= 0.3 is 0 Å². The zero-order valence-electron chi connectivity index (χ0n) is 40.7. The Bertz CT molecular complexity index is 5000. The second-order valence-corrected chi connectivity index (χ2v) is 21.7. The summed E-state index contributed by atoms with van der Waals surface area (Å²) in [5.74, 6) is 1.88. The molecule has 354 valence electrons. The number of nitrogens with zero attached hydrogens (tertiary/aromatic N) is 5. The number of fused-ring (bicyclic) bond motifs is 12. The van der Waals surface area contributed by atoms with Crippen LogP contribution in [0.2, 0.25) is 0 Å². The van der Waals surface area contributed by atoms with E-state index in [1.807, 2.05) is 11.3 Å². The van der Waals surface area contributed by atoms with Crippen LogP contribution >= 0.6 is 22.7 Å². The van der Waals surface area contributed by atoms with Crippen molar-refractivity contribution in [3.63, 3.8) is 0 Å². The summed E-state index contributed by atoms with van der Waals surface area (Å²) in [6.45, 7) is 0. The molecular formula is C69H41N5S2. The highest BCUT2D eigenvalue weighted by Gasteiger charge is 2.23. The van der Waals surface area contributed by atoms with Crippen molar-refractivity contribution in [1.82, 2.24) is 24.1 Å². The summed E-state index contributed by atoms with van der Waals surface area (Å²) in [4.78, 5) is 16.2. The molecule has 0 fully saturated rings. The Labute approximate surface area is 444 Å². The number of thiophene rings is 2. The quantitative estimate of drug-likeness (QED) is 0.160. The van der Waals surface area contributed by atoms with Crippen LogP contribution in [0, 0.1) is 0 Å². The Kier molecular flexibility index (Phi) is 9.61. The van der Waals surface area contributed by atoms with E-state index in [0.717, 1.165) is 55.5 Å². The summed E-state index contributed by atoms with van der Waals surface area (Å²) in [7, 11) is 0. The lowest BCUT2D eigenvalue weighted by atomic mass is 9.99. The van der Waals surface area contributed by atoms with Gasteiger partial charge in [-0.2, -0.15) is 0 Å². The van der Waals surface area contributed by atoms with Crippen LogP contribution in [0.15, 0.2) is 249 Å². The summed E-state index contributed by atoms with van der Waals surface area (Å²) in [5.41, 5.74) is 14.3. The third-order valence-electron chi connectivity index (χ3n) is 15.2. The molecule has 16 aromatic rings. The van der Waals surface area contributed by atoms with Crippen LogP contribution in [0.3, 0.4) is 0 Å². The van der Waals surface area contributed by atoms with Gasteiger partial charge in [-0.05, 0) is 82.9 Å². The zero-order valence-corrected chi connectivity index (χ0v) is 42.4. The van der Waals surface area contributed by atoms with E-state index in [4.69, 9.17) is 15.0 Å². The molecule has 0 aliphatic carbocycles. The van der Waals surface area contributed by atoms with Gasteiger partial charge in [0.1, 0.15) is 0 Å². The van der Waals surface area contributed by atoms with Gasteiger partial charge in [0.25, 0.3) is 0 Å². The number of aromatic nitrogens is 5. The smallest absolute Gasteiger partial charge is 0.164 e. The molecule has 0 bridgehead atoms. The lowest BCUT2D eigenvalue weighted by molar-refractivity contribution is 1.07. The first-order valence-electron chi connectivity index (χ1n) is 25.6. The Morgan fingerprint density at radius 2 is 0.776 bits per heavy atom. The third-order valence-corrected chi connectivity index (χ3v) is 17.4. The maximum absolute atomic E-state index is 5.42. The van der Waals surface area contributed by atoms with Crippen molar-refractivity contribution in [1.29, 1.82) is 0 Å². The minimum Gasteiger partial charge on any atom is -0.307 e. The molecule has 0 radical (unpaired) electrons. The average Bonchev–Trinajstić information content (AvgIpc) is 4.35. The topological polar surface area (TPSA) is 48.5 Å². The van der Waals surface area contributed by atoms with Crippen LogP contribution in [0.1, 0.15) is 0 Å². The van der Waals surface area contributed by atoms with Crippen molar-refractivity contribution in [3.8, 4) is 67.8 Å². The Balaban J connectivity index is 0.915. The van der Waals surface area contributed by atoms with Crippen LogP contribution in [0.5, 0.6) is 0 Å². The molecule has 0 aliphatic rings.